The van der Waals surface area contributed by atoms with Gasteiger partial charge in [0.2, 0.25) is 11.8 Å². The van der Waals surface area contributed by atoms with Crippen molar-refractivity contribution in [2.45, 2.75) is 12.2 Å². The van der Waals surface area contributed by atoms with Gasteiger partial charge < -0.3 is 67.2 Å². The summed E-state index contributed by atoms with van der Waals surface area (Å²) in [6, 6.07) is 0. The molecule has 0 saturated carbocycles. The lowest BCUT2D eigenvalue weighted by Crippen LogP contribution is -2.44. The average Bonchev–Trinajstić information content (AvgIpc) is 3.18. The molecule has 0 radical (unpaired) electrons. The van der Waals surface area contributed by atoms with Crippen molar-refractivity contribution >= 4 is 182 Å². The zero-order valence-corrected chi connectivity index (χ0v) is 43.8. The van der Waals surface area contributed by atoms with E-state index < -0.39 is 80.6 Å². The lowest BCUT2D eigenvalue weighted by Gasteiger charge is -2.28. The lowest BCUT2D eigenvalue weighted by atomic mass is 10.1. The highest BCUT2D eigenvalue weighted by molar-refractivity contribution is 14.1. The Kier molecular flexibility index (Phi) is 24.8. The summed E-state index contributed by atoms with van der Waals surface area (Å²) in [5.41, 5.74) is 0.233. The highest BCUT2D eigenvalue weighted by Gasteiger charge is 2.33. The number of aliphatic hydroxyl groups is 7. The van der Waals surface area contributed by atoms with Gasteiger partial charge in [0, 0.05) is 46.9 Å². The van der Waals surface area contributed by atoms with Crippen LogP contribution in [0.1, 0.15) is 41.4 Å². The highest BCUT2D eigenvalue weighted by atomic mass is 127. The average molecular weight is 1510 g/mol. The van der Waals surface area contributed by atoms with Crippen molar-refractivity contribution in [3.05, 3.63) is 43.7 Å². The molecule has 0 fully saturated rings. The third-order valence-electron chi connectivity index (χ3n) is 7.85. The quantitative estimate of drug-likeness (QED) is 0.0619. The topological polar surface area (TPSA) is 311 Å². The van der Waals surface area contributed by atoms with Crippen molar-refractivity contribution in [3.63, 3.8) is 0 Å². The Morgan fingerprint density at radius 3 is 1.32 bits per heavy atom. The number of halogens is 6. The van der Waals surface area contributed by atoms with E-state index in [0.29, 0.717) is 0 Å². The van der Waals surface area contributed by atoms with Crippen LogP contribution in [0.5, 0.6) is 0 Å². The summed E-state index contributed by atoms with van der Waals surface area (Å²) in [7, 11) is 1.38. The molecule has 0 aliphatic rings. The molecule has 26 heteroatoms. The number of nitrogens with zero attached hydrogens (tertiary/aromatic N) is 2. The molecule has 2 aromatic rings. The maximum Gasteiger partial charge on any atom is 0.253 e. The van der Waals surface area contributed by atoms with Crippen LogP contribution in [0.3, 0.4) is 0 Å². The van der Waals surface area contributed by atoms with Gasteiger partial charge in [0.1, 0.15) is 0 Å². The van der Waals surface area contributed by atoms with Crippen molar-refractivity contribution in [1.29, 1.82) is 0 Å². The van der Waals surface area contributed by atoms with E-state index >= 15 is 0 Å². The number of rotatable bonds is 22. The van der Waals surface area contributed by atoms with Gasteiger partial charge in [-0.3, -0.25) is 33.7 Å². The first-order valence-corrected chi connectivity index (χ1v) is 23.5. The van der Waals surface area contributed by atoms with Crippen LogP contribution >= 0.6 is 136 Å². The van der Waals surface area contributed by atoms with Crippen LogP contribution in [0.25, 0.3) is 0 Å². The van der Waals surface area contributed by atoms with Crippen molar-refractivity contribution in [2.75, 3.05) is 96.1 Å². The van der Waals surface area contributed by atoms with E-state index in [1.807, 2.05) is 113 Å². The normalized spacial score (nSPS) is 12.1. The Morgan fingerprint density at radius 2 is 0.949 bits per heavy atom. The third-order valence-corrected chi connectivity index (χ3v) is 14.3. The van der Waals surface area contributed by atoms with Crippen LogP contribution in [0, 0.1) is 21.4 Å². The number of hydrogen-bond donors (Lipinski definition) is 12. The zero-order valence-electron chi connectivity index (χ0n) is 30.9. The Labute approximate surface area is 420 Å². The molecule has 20 nitrogen and oxygen atoms in total. The number of carbonyl (C=O) groups excluding carboxylic acids is 6. The Morgan fingerprint density at radius 1 is 0.559 bits per heavy atom. The summed E-state index contributed by atoms with van der Waals surface area (Å²) in [5.74, 6) is -4.07. The molecule has 328 valence electrons. The summed E-state index contributed by atoms with van der Waals surface area (Å²) >= 11 is 11.0. The number of amides is 6. The second-order valence-electron chi connectivity index (χ2n) is 12.1. The van der Waals surface area contributed by atoms with Crippen LogP contribution < -0.4 is 31.5 Å². The minimum atomic E-state index is -1.28. The van der Waals surface area contributed by atoms with Crippen molar-refractivity contribution in [1.82, 2.24) is 26.2 Å². The zero-order chi connectivity index (χ0) is 44.7. The van der Waals surface area contributed by atoms with Crippen molar-refractivity contribution < 1.29 is 64.5 Å². The minimum absolute atomic E-state index is 0.0404. The molecule has 0 aliphatic carbocycles. The fraction of sp³-hybridized carbons (Fsp3) is 0.455. The molecule has 2 unspecified atom stereocenters. The first kappa shape index (κ1) is 54.5. The lowest BCUT2D eigenvalue weighted by molar-refractivity contribution is -0.121. The Hall–Kier alpha value is -0.680. The summed E-state index contributed by atoms with van der Waals surface area (Å²) < 4.78 is 1.40. The molecule has 0 saturated heterocycles. The molecule has 6 amide bonds. The van der Waals surface area contributed by atoms with Gasteiger partial charge in [-0.2, -0.15) is 0 Å². The van der Waals surface area contributed by atoms with E-state index in [1.165, 1.54) is 16.8 Å². The molecular formula is C33H41I6N7O13. The van der Waals surface area contributed by atoms with E-state index in [9.17, 15) is 64.5 Å². The van der Waals surface area contributed by atoms with E-state index in [-0.39, 0.29) is 101 Å². The molecule has 59 heavy (non-hydrogen) atoms. The van der Waals surface area contributed by atoms with Crippen molar-refractivity contribution in [2.24, 2.45) is 0 Å². The van der Waals surface area contributed by atoms with Gasteiger partial charge in [0.25, 0.3) is 23.6 Å². The standard InChI is InChI=1S/C33H41I6N7O13/c1-45(29-26(38)20(32(58)42-8-14(52)12-50)23(35)21(27(29)39)33(59)43-9-15(53)13-51)17(55)11-46(4-7-49)10-16(54)44-28-24(36)18(30(56)40-2-5-47)22(34)19(25(28)37)31(57)41-3-6-48/h14-15,47-53H,2-13H2,1H3,(H,40,56)(H,41,57)(H,42,58)(H,43,59)(H,44,54). The van der Waals surface area contributed by atoms with Gasteiger partial charge in [-0.15, -0.1) is 0 Å². The molecule has 0 aliphatic heterocycles. The number of carbonyl (C=O) groups is 6. The fourth-order valence-corrected chi connectivity index (χ4v) is 14.2. The van der Waals surface area contributed by atoms with Gasteiger partial charge in [-0.1, -0.05) is 0 Å². The first-order chi connectivity index (χ1) is 27.8. The van der Waals surface area contributed by atoms with Gasteiger partial charge in [-0.05, 0) is 136 Å². The molecule has 0 heterocycles. The fourth-order valence-electron chi connectivity index (χ4n) is 4.92. The minimum Gasteiger partial charge on any atom is -0.395 e. The number of likely N-dealkylation sites (N-methyl/N-ethyl adjacent to an activating group) is 1. The Bertz CT molecular complexity index is 1790. The second-order valence-corrected chi connectivity index (χ2v) is 18.6. The number of hydrogen-bond acceptors (Lipinski definition) is 14. The second kappa shape index (κ2) is 26.8. The van der Waals surface area contributed by atoms with E-state index in [1.54, 1.807) is 22.6 Å². The smallest absolute Gasteiger partial charge is 0.253 e. The summed E-state index contributed by atoms with van der Waals surface area (Å²) in [6.45, 7) is -4.41. The van der Waals surface area contributed by atoms with Gasteiger partial charge in [-0.25, -0.2) is 0 Å². The van der Waals surface area contributed by atoms with Crippen LogP contribution in [-0.4, -0.2) is 174 Å². The number of benzene rings is 2. The summed E-state index contributed by atoms with van der Waals surface area (Å²) in [4.78, 5) is 83.5. The molecule has 2 atom stereocenters. The number of nitrogens with one attached hydrogen (secondary N) is 5. The largest absolute Gasteiger partial charge is 0.395 e. The van der Waals surface area contributed by atoms with Crippen LogP contribution in [0.4, 0.5) is 11.4 Å². The SMILES string of the molecule is CN(C(=O)CN(CCO)CC(=O)Nc1c(I)c(C(=O)NCCO)c(I)c(C(=O)NCCO)c1I)c1c(I)c(C(=O)NCC(O)CO)c(I)c(C(=O)NCC(O)CO)c1I. The van der Waals surface area contributed by atoms with E-state index in [4.69, 9.17) is 0 Å². The van der Waals surface area contributed by atoms with Gasteiger partial charge in [0.05, 0.1) is 106 Å². The maximum atomic E-state index is 14.0. The summed E-state index contributed by atoms with van der Waals surface area (Å²) in [6.07, 6.45) is -2.57. The molecule has 0 spiro atoms. The highest BCUT2D eigenvalue weighted by Crippen LogP contribution is 2.38. The third kappa shape index (κ3) is 15.0. The maximum absolute atomic E-state index is 14.0. The van der Waals surface area contributed by atoms with Crippen molar-refractivity contribution in [3.8, 4) is 0 Å². The monoisotopic (exact) mass is 1500 g/mol. The number of anilines is 2. The predicted molar refractivity (Wildman–Crippen MR) is 264 cm³/mol. The van der Waals surface area contributed by atoms with E-state index in [0.717, 1.165) is 0 Å². The van der Waals surface area contributed by atoms with Gasteiger partial charge in [0.15, 0.2) is 0 Å². The summed E-state index contributed by atoms with van der Waals surface area (Å²) in [5, 5.41) is 79.4. The number of aliphatic hydroxyl groups excluding tert-OH is 7. The molecule has 0 bridgehead atoms. The van der Waals surface area contributed by atoms with E-state index in [2.05, 4.69) is 26.6 Å². The first-order valence-electron chi connectivity index (χ1n) is 17.1. The molecule has 2 rings (SSSR count). The Balaban J connectivity index is 2.57. The van der Waals surface area contributed by atoms with Crippen LogP contribution in [-0.2, 0) is 9.59 Å². The predicted octanol–water partition coefficient (Wildman–Crippen LogP) is -1.18. The molecular weight excluding hydrogens is 1460 g/mol. The molecule has 12 N–H and O–H groups in total. The van der Waals surface area contributed by atoms with Crippen LogP contribution in [0.2, 0.25) is 0 Å². The molecule has 0 aromatic heterocycles. The van der Waals surface area contributed by atoms with Gasteiger partial charge >= 0.3 is 0 Å². The van der Waals surface area contributed by atoms with Crippen LogP contribution in [0.15, 0.2) is 0 Å². The molecule has 2 aromatic carbocycles.